The van der Waals surface area contributed by atoms with Gasteiger partial charge < -0.3 is 15.1 Å². The van der Waals surface area contributed by atoms with E-state index in [0.29, 0.717) is 24.6 Å². The third kappa shape index (κ3) is 1.97. The molecule has 1 saturated carbocycles. The van der Waals surface area contributed by atoms with Crippen molar-refractivity contribution in [2.45, 2.75) is 24.9 Å². The monoisotopic (exact) mass is 247 g/mol. The molecular formula is C14H17NO3. The van der Waals surface area contributed by atoms with E-state index in [1.807, 2.05) is 0 Å². The Morgan fingerprint density at radius 3 is 2.61 bits per heavy atom. The van der Waals surface area contributed by atoms with Crippen LogP contribution in [0.1, 0.15) is 18.4 Å². The molecule has 0 spiro atoms. The first-order chi connectivity index (χ1) is 8.58. The zero-order chi connectivity index (χ0) is 12.8. The van der Waals surface area contributed by atoms with E-state index in [-0.39, 0.29) is 18.1 Å². The predicted molar refractivity (Wildman–Crippen MR) is 66.1 cm³/mol. The molecule has 1 aromatic rings. The Morgan fingerprint density at radius 1 is 1.33 bits per heavy atom. The summed E-state index contributed by atoms with van der Waals surface area (Å²) in [7, 11) is 0. The number of phenols is 1. The number of carbonyl (C=O) groups is 1. The van der Waals surface area contributed by atoms with Crippen molar-refractivity contribution in [2.24, 2.45) is 5.92 Å². The minimum absolute atomic E-state index is 0.0261. The Bertz CT molecular complexity index is 476. The second kappa shape index (κ2) is 3.99. The van der Waals surface area contributed by atoms with Crippen LogP contribution in [0.2, 0.25) is 0 Å². The van der Waals surface area contributed by atoms with Crippen molar-refractivity contribution in [2.75, 3.05) is 13.1 Å². The second-order valence-electron chi connectivity index (χ2n) is 5.43. The normalized spacial score (nSPS) is 21.5. The molecule has 4 heteroatoms. The van der Waals surface area contributed by atoms with E-state index in [9.17, 15) is 15.0 Å². The van der Waals surface area contributed by atoms with Crippen LogP contribution < -0.4 is 0 Å². The lowest BCUT2D eigenvalue weighted by Crippen LogP contribution is -2.65. The summed E-state index contributed by atoms with van der Waals surface area (Å²) in [6.07, 6.45) is 2.36. The number of hydrogen-bond acceptors (Lipinski definition) is 3. The van der Waals surface area contributed by atoms with Crippen molar-refractivity contribution in [3.05, 3.63) is 29.8 Å². The van der Waals surface area contributed by atoms with Gasteiger partial charge in [-0.15, -0.1) is 0 Å². The smallest absolute Gasteiger partial charge is 0.227 e. The van der Waals surface area contributed by atoms with Crippen molar-refractivity contribution in [3.63, 3.8) is 0 Å². The highest BCUT2D eigenvalue weighted by molar-refractivity contribution is 5.80. The Balaban J connectivity index is 1.59. The van der Waals surface area contributed by atoms with Gasteiger partial charge in [0.05, 0.1) is 19.5 Å². The minimum Gasteiger partial charge on any atom is -0.508 e. The molecule has 96 valence electrons. The van der Waals surface area contributed by atoms with Crippen LogP contribution in [0.4, 0.5) is 0 Å². The fourth-order valence-electron chi connectivity index (χ4n) is 2.60. The maximum absolute atomic E-state index is 12.0. The number of nitrogens with zero attached hydrogens (tertiary/aromatic N) is 1. The summed E-state index contributed by atoms with van der Waals surface area (Å²) in [6, 6.07) is 6.87. The Labute approximate surface area is 106 Å². The molecule has 1 aromatic carbocycles. The fraction of sp³-hybridized carbons (Fsp3) is 0.500. The van der Waals surface area contributed by atoms with E-state index in [1.54, 1.807) is 29.2 Å². The number of para-hydroxylation sites is 1. The van der Waals surface area contributed by atoms with E-state index in [0.717, 1.165) is 12.8 Å². The highest BCUT2D eigenvalue weighted by Gasteiger charge is 2.53. The number of β-amino-alcohol motifs (C(OH)–C–C–N with tert-alkyl or cyclic N) is 1. The number of hydrogen-bond donors (Lipinski definition) is 2. The summed E-state index contributed by atoms with van der Waals surface area (Å²) in [6.45, 7) is 0.897. The molecule has 1 amide bonds. The molecule has 1 heterocycles. The van der Waals surface area contributed by atoms with E-state index < -0.39 is 5.60 Å². The molecule has 1 saturated heterocycles. The van der Waals surface area contributed by atoms with Crippen molar-refractivity contribution >= 4 is 5.91 Å². The number of benzene rings is 1. The molecule has 4 nitrogen and oxygen atoms in total. The number of aromatic hydroxyl groups is 1. The predicted octanol–water partition coefficient (Wildman–Crippen LogP) is 0.918. The van der Waals surface area contributed by atoms with E-state index in [2.05, 4.69) is 0 Å². The standard InChI is InChI=1S/C14H17NO3/c16-12-4-2-1-3-10(12)7-13(17)15-8-14(18,9-15)11-5-6-11/h1-4,11,16,18H,5-9H2. The first kappa shape index (κ1) is 11.5. The maximum Gasteiger partial charge on any atom is 0.227 e. The first-order valence-electron chi connectivity index (χ1n) is 6.35. The molecule has 0 aromatic heterocycles. The van der Waals surface area contributed by atoms with Crippen molar-refractivity contribution in [1.29, 1.82) is 0 Å². The van der Waals surface area contributed by atoms with Crippen LogP contribution in [0, 0.1) is 5.92 Å². The molecule has 0 radical (unpaired) electrons. The lowest BCUT2D eigenvalue weighted by Gasteiger charge is -2.47. The van der Waals surface area contributed by atoms with Gasteiger partial charge in [-0.2, -0.15) is 0 Å². The molecule has 3 rings (SSSR count). The second-order valence-corrected chi connectivity index (χ2v) is 5.43. The van der Waals surface area contributed by atoms with Gasteiger partial charge in [0.2, 0.25) is 5.91 Å². The third-order valence-electron chi connectivity index (χ3n) is 3.95. The molecule has 2 N–H and O–H groups in total. The number of phenolic OH excluding ortho intramolecular Hbond substituents is 1. The zero-order valence-electron chi connectivity index (χ0n) is 10.2. The van der Waals surface area contributed by atoms with Crippen LogP contribution >= 0.6 is 0 Å². The van der Waals surface area contributed by atoms with Gasteiger partial charge in [-0.05, 0) is 24.8 Å². The van der Waals surface area contributed by atoms with Crippen molar-refractivity contribution in [1.82, 2.24) is 4.90 Å². The Morgan fingerprint density at radius 2 is 2.00 bits per heavy atom. The lowest BCUT2D eigenvalue weighted by atomic mass is 9.88. The molecule has 0 bridgehead atoms. The van der Waals surface area contributed by atoms with Gasteiger partial charge in [-0.1, -0.05) is 18.2 Å². The largest absolute Gasteiger partial charge is 0.508 e. The number of amides is 1. The molecule has 2 aliphatic rings. The Hall–Kier alpha value is -1.55. The highest BCUT2D eigenvalue weighted by atomic mass is 16.3. The number of aliphatic hydroxyl groups is 1. The number of rotatable bonds is 3. The topological polar surface area (TPSA) is 60.8 Å². The summed E-state index contributed by atoms with van der Waals surface area (Å²) in [4.78, 5) is 13.7. The van der Waals surface area contributed by atoms with Crippen LogP contribution in [0.3, 0.4) is 0 Å². The molecular weight excluding hydrogens is 230 g/mol. The molecule has 1 aliphatic heterocycles. The number of likely N-dealkylation sites (tertiary alicyclic amines) is 1. The summed E-state index contributed by atoms with van der Waals surface area (Å²) in [5.41, 5.74) is 0.0124. The summed E-state index contributed by atoms with van der Waals surface area (Å²) in [5, 5.41) is 19.8. The lowest BCUT2D eigenvalue weighted by molar-refractivity contribution is -0.158. The quantitative estimate of drug-likeness (QED) is 0.835. The maximum atomic E-state index is 12.0. The van der Waals surface area contributed by atoms with Crippen molar-refractivity contribution in [3.8, 4) is 5.75 Å². The van der Waals surface area contributed by atoms with Crippen LogP contribution in [0.15, 0.2) is 24.3 Å². The van der Waals surface area contributed by atoms with E-state index in [4.69, 9.17) is 0 Å². The van der Waals surface area contributed by atoms with Crippen molar-refractivity contribution < 1.29 is 15.0 Å². The fourth-order valence-corrected chi connectivity index (χ4v) is 2.60. The average molecular weight is 247 g/mol. The minimum atomic E-state index is -0.631. The van der Waals surface area contributed by atoms with Crippen LogP contribution in [-0.2, 0) is 11.2 Å². The van der Waals surface area contributed by atoms with Gasteiger partial charge in [-0.3, -0.25) is 4.79 Å². The van der Waals surface area contributed by atoms with Crippen LogP contribution in [0.25, 0.3) is 0 Å². The SMILES string of the molecule is O=C(Cc1ccccc1O)N1CC(O)(C2CC2)C1. The number of carbonyl (C=O) groups excluding carboxylic acids is 1. The van der Waals surface area contributed by atoms with E-state index in [1.165, 1.54) is 0 Å². The third-order valence-corrected chi connectivity index (χ3v) is 3.95. The summed E-state index contributed by atoms with van der Waals surface area (Å²) >= 11 is 0. The zero-order valence-corrected chi connectivity index (χ0v) is 10.2. The first-order valence-corrected chi connectivity index (χ1v) is 6.35. The summed E-state index contributed by atoms with van der Waals surface area (Å²) < 4.78 is 0. The van der Waals surface area contributed by atoms with Gasteiger partial charge >= 0.3 is 0 Å². The molecule has 0 atom stereocenters. The van der Waals surface area contributed by atoms with Gasteiger partial charge in [0, 0.05) is 5.56 Å². The van der Waals surface area contributed by atoms with Gasteiger partial charge in [-0.25, -0.2) is 0 Å². The van der Waals surface area contributed by atoms with E-state index >= 15 is 0 Å². The average Bonchev–Trinajstić information content (AvgIpc) is 3.12. The van der Waals surface area contributed by atoms with Gasteiger partial charge in [0.1, 0.15) is 11.4 Å². The highest BCUT2D eigenvalue weighted by Crippen LogP contribution is 2.44. The van der Waals surface area contributed by atoms with Crippen LogP contribution in [-0.4, -0.2) is 39.7 Å². The Kier molecular flexibility index (Phi) is 2.55. The molecule has 2 fully saturated rings. The van der Waals surface area contributed by atoms with Crippen LogP contribution in [0.5, 0.6) is 5.75 Å². The summed E-state index contributed by atoms with van der Waals surface area (Å²) in [5.74, 6) is 0.525. The molecule has 0 unspecified atom stereocenters. The molecule has 18 heavy (non-hydrogen) atoms. The van der Waals surface area contributed by atoms with Gasteiger partial charge in [0.15, 0.2) is 0 Å². The van der Waals surface area contributed by atoms with Gasteiger partial charge in [0.25, 0.3) is 0 Å². The molecule has 1 aliphatic carbocycles.